The van der Waals surface area contributed by atoms with Gasteiger partial charge >= 0.3 is 6.03 Å². The lowest BCUT2D eigenvalue weighted by Gasteiger charge is -2.35. The largest absolute Gasteiger partial charge is 0.354 e. The number of carbonyl (C=O) groups excluding carboxylic acids is 2. The van der Waals surface area contributed by atoms with E-state index in [4.69, 9.17) is 0 Å². The Balaban J connectivity index is 1.85. The van der Waals surface area contributed by atoms with Crippen molar-refractivity contribution in [1.82, 2.24) is 25.5 Å². The average molecular weight is 377 g/mol. The van der Waals surface area contributed by atoms with Crippen LogP contribution in [0, 0.1) is 6.92 Å². The summed E-state index contributed by atoms with van der Waals surface area (Å²) in [4.78, 5) is 37.3. The average Bonchev–Trinajstić information content (AvgIpc) is 2.52. The summed E-state index contributed by atoms with van der Waals surface area (Å²) in [5.74, 6) is 1.80. The highest BCUT2D eigenvalue weighted by molar-refractivity contribution is 5.95. The first-order chi connectivity index (χ1) is 12.5. The number of hydrogen-bond acceptors (Lipinski definition) is 6. The van der Waals surface area contributed by atoms with E-state index in [1.54, 1.807) is 0 Å². The van der Waals surface area contributed by atoms with Crippen LogP contribution in [0.15, 0.2) is 6.07 Å². The van der Waals surface area contributed by atoms with Gasteiger partial charge in [-0.3, -0.25) is 15.0 Å². The van der Waals surface area contributed by atoms with E-state index in [9.17, 15) is 9.59 Å². The van der Waals surface area contributed by atoms with Gasteiger partial charge in [0.15, 0.2) is 0 Å². The highest BCUT2D eigenvalue weighted by Crippen LogP contribution is 2.18. The number of carbonyl (C=O) groups is 2. The third-order valence-electron chi connectivity index (χ3n) is 4.18. The van der Waals surface area contributed by atoms with Gasteiger partial charge in [0.2, 0.25) is 5.91 Å². The van der Waals surface area contributed by atoms with E-state index in [1.807, 2.05) is 38.7 Å². The molecule has 150 valence electrons. The van der Waals surface area contributed by atoms with Crippen molar-refractivity contribution < 1.29 is 9.59 Å². The fraction of sp³-hybridized carbons (Fsp3) is 0.684. The first-order valence-electron chi connectivity index (χ1n) is 9.48. The maximum atomic E-state index is 12.1. The van der Waals surface area contributed by atoms with Gasteiger partial charge in [-0.15, -0.1) is 0 Å². The van der Waals surface area contributed by atoms with E-state index in [1.165, 1.54) is 0 Å². The number of nitrogens with one attached hydrogen (secondary N) is 2. The van der Waals surface area contributed by atoms with Crippen molar-refractivity contribution in [1.29, 1.82) is 0 Å². The van der Waals surface area contributed by atoms with Gasteiger partial charge in [-0.1, -0.05) is 13.8 Å². The topological polar surface area (TPSA) is 90.5 Å². The monoisotopic (exact) mass is 376 g/mol. The fourth-order valence-corrected chi connectivity index (χ4v) is 2.87. The molecule has 1 aromatic heterocycles. The van der Waals surface area contributed by atoms with Crippen molar-refractivity contribution in [3.05, 3.63) is 17.6 Å². The predicted octanol–water partition coefficient (Wildman–Crippen LogP) is 1.65. The number of imide groups is 1. The van der Waals surface area contributed by atoms with Gasteiger partial charge in [-0.25, -0.2) is 14.8 Å². The Bertz CT molecular complexity index is 675. The molecule has 1 aliphatic heterocycles. The molecule has 0 bridgehead atoms. The van der Waals surface area contributed by atoms with Crippen molar-refractivity contribution >= 4 is 17.8 Å². The van der Waals surface area contributed by atoms with Crippen molar-refractivity contribution in [3.63, 3.8) is 0 Å². The number of rotatable bonds is 4. The fourth-order valence-electron chi connectivity index (χ4n) is 2.87. The lowest BCUT2D eigenvalue weighted by molar-refractivity contribution is -0.121. The molecule has 8 nitrogen and oxygen atoms in total. The number of anilines is 1. The van der Waals surface area contributed by atoms with E-state index in [-0.39, 0.29) is 23.9 Å². The Morgan fingerprint density at radius 2 is 1.78 bits per heavy atom. The number of amides is 3. The molecule has 0 unspecified atom stereocenters. The standard InChI is InChI=1S/C19H32N6O2/c1-13(2)17-20-14(3)11-15(21-17)25-9-7-24(8-10-25)12-16(26)22-18(27)23-19(4,5)6/h11,13H,7-10,12H2,1-6H3,(H2,22,23,26,27). The van der Waals surface area contributed by atoms with Crippen LogP contribution in [0.1, 0.15) is 52.1 Å². The van der Waals surface area contributed by atoms with Crippen LogP contribution in [-0.4, -0.2) is 65.1 Å². The van der Waals surface area contributed by atoms with E-state index in [0.29, 0.717) is 0 Å². The summed E-state index contributed by atoms with van der Waals surface area (Å²) in [6.45, 7) is 15.1. The molecule has 0 aliphatic carbocycles. The molecule has 1 saturated heterocycles. The maximum Gasteiger partial charge on any atom is 0.321 e. The summed E-state index contributed by atoms with van der Waals surface area (Å²) in [7, 11) is 0. The van der Waals surface area contributed by atoms with Crippen molar-refractivity contribution in [2.24, 2.45) is 0 Å². The minimum atomic E-state index is -0.455. The molecule has 0 atom stereocenters. The Hall–Kier alpha value is -2.22. The molecule has 2 heterocycles. The number of urea groups is 1. The highest BCUT2D eigenvalue weighted by atomic mass is 16.2. The van der Waals surface area contributed by atoms with Gasteiger partial charge in [-0.05, 0) is 27.7 Å². The lowest BCUT2D eigenvalue weighted by Crippen LogP contribution is -2.53. The molecular formula is C19H32N6O2. The zero-order chi connectivity index (χ0) is 20.2. The summed E-state index contributed by atoms with van der Waals surface area (Å²) in [6.07, 6.45) is 0. The Morgan fingerprint density at radius 1 is 1.15 bits per heavy atom. The van der Waals surface area contributed by atoms with E-state index >= 15 is 0 Å². The van der Waals surface area contributed by atoms with Crippen LogP contribution in [-0.2, 0) is 4.79 Å². The molecule has 1 aliphatic rings. The van der Waals surface area contributed by atoms with E-state index in [2.05, 4.69) is 39.3 Å². The Labute approximate surface area is 161 Å². The SMILES string of the molecule is Cc1cc(N2CCN(CC(=O)NC(=O)NC(C)(C)C)CC2)nc(C(C)C)n1. The maximum absolute atomic E-state index is 12.1. The van der Waals surface area contributed by atoms with Crippen LogP contribution in [0.3, 0.4) is 0 Å². The summed E-state index contributed by atoms with van der Waals surface area (Å²) in [5, 5.41) is 5.11. The van der Waals surface area contributed by atoms with Gasteiger partial charge in [0.05, 0.1) is 6.54 Å². The minimum absolute atomic E-state index is 0.214. The molecule has 0 saturated carbocycles. The summed E-state index contributed by atoms with van der Waals surface area (Å²) < 4.78 is 0. The second-order valence-corrected chi connectivity index (χ2v) is 8.40. The molecule has 1 fully saturated rings. The third kappa shape index (κ3) is 6.78. The van der Waals surface area contributed by atoms with Crippen LogP contribution >= 0.6 is 0 Å². The molecular weight excluding hydrogens is 344 g/mol. The van der Waals surface area contributed by atoms with Crippen LogP contribution in [0.25, 0.3) is 0 Å². The minimum Gasteiger partial charge on any atom is -0.354 e. The number of aromatic nitrogens is 2. The zero-order valence-electron chi connectivity index (χ0n) is 17.3. The van der Waals surface area contributed by atoms with Gasteiger partial charge in [0.1, 0.15) is 11.6 Å². The summed E-state index contributed by atoms with van der Waals surface area (Å²) >= 11 is 0. The van der Waals surface area contributed by atoms with Crippen LogP contribution in [0.5, 0.6) is 0 Å². The first kappa shape index (κ1) is 21.1. The van der Waals surface area contributed by atoms with Crippen molar-refractivity contribution in [2.75, 3.05) is 37.6 Å². The molecule has 0 radical (unpaired) electrons. The highest BCUT2D eigenvalue weighted by Gasteiger charge is 2.22. The Morgan fingerprint density at radius 3 is 2.33 bits per heavy atom. The lowest BCUT2D eigenvalue weighted by atomic mass is 10.1. The summed E-state index contributed by atoms with van der Waals surface area (Å²) in [5.41, 5.74) is 0.593. The molecule has 0 spiro atoms. The second kappa shape index (κ2) is 8.65. The molecule has 27 heavy (non-hydrogen) atoms. The summed E-state index contributed by atoms with van der Waals surface area (Å²) in [6, 6.07) is 1.55. The smallest absolute Gasteiger partial charge is 0.321 e. The predicted molar refractivity (Wildman–Crippen MR) is 106 cm³/mol. The number of hydrogen-bond donors (Lipinski definition) is 2. The molecule has 2 N–H and O–H groups in total. The molecule has 3 amide bonds. The van der Waals surface area contributed by atoms with Gasteiger partial charge in [0, 0.05) is 49.4 Å². The zero-order valence-corrected chi connectivity index (χ0v) is 17.3. The molecule has 1 aromatic rings. The number of nitrogens with zero attached hydrogens (tertiary/aromatic N) is 4. The second-order valence-electron chi connectivity index (χ2n) is 8.40. The van der Waals surface area contributed by atoms with Gasteiger partial charge < -0.3 is 10.2 Å². The molecule has 0 aromatic carbocycles. The van der Waals surface area contributed by atoms with Gasteiger partial charge in [-0.2, -0.15) is 0 Å². The van der Waals surface area contributed by atoms with Crippen LogP contribution in [0.4, 0.5) is 10.6 Å². The Kier molecular flexibility index (Phi) is 6.75. The third-order valence-corrected chi connectivity index (χ3v) is 4.18. The van der Waals surface area contributed by atoms with E-state index < -0.39 is 6.03 Å². The van der Waals surface area contributed by atoms with Crippen molar-refractivity contribution in [3.8, 4) is 0 Å². The van der Waals surface area contributed by atoms with Crippen LogP contribution in [0.2, 0.25) is 0 Å². The quantitative estimate of drug-likeness (QED) is 0.830. The molecule has 8 heteroatoms. The molecule has 2 rings (SSSR count). The normalized spacial score (nSPS) is 15.7. The number of piperazine rings is 1. The van der Waals surface area contributed by atoms with E-state index in [0.717, 1.165) is 43.5 Å². The number of aryl methyl sites for hydroxylation is 1. The van der Waals surface area contributed by atoms with Crippen molar-refractivity contribution in [2.45, 2.75) is 53.0 Å². The van der Waals surface area contributed by atoms with Crippen LogP contribution < -0.4 is 15.5 Å². The van der Waals surface area contributed by atoms with Gasteiger partial charge in [0.25, 0.3) is 0 Å². The first-order valence-corrected chi connectivity index (χ1v) is 9.48.